The summed E-state index contributed by atoms with van der Waals surface area (Å²) in [4.78, 5) is 15.2. The lowest BCUT2D eigenvalue weighted by Crippen LogP contribution is -2.20. The number of methoxy groups -OCH3 is 1. The Bertz CT molecular complexity index is 1300. The van der Waals surface area contributed by atoms with Crippen molar-refractivity contribution in [2.24, 2.45) is 0 Å². The molecule has 6 unspecified atom stereocenters. The van der Waals surface area contributed by atoms with Gasteiger partial charge < -0.3 is 9.84 Å². The molecule has 0 amide bonds. The summed E-state index contributed by atoms with van der Waals surface area (Å²) in [5.74, 6) is 2.16. The van der Waals surface area contributed by atoms with Crippen LogP contribution in [0.4, 0.5) is 0 Å². The smallest absolute Gasteiger partial charge is 0.227 e. The highest BCUT2D eigenvalue weighted by molar-refractivity contribution is 6.12. The van der Waals surface area contributed by atoms with E-state index in [0.717, 1.165) is 99.5 Å². The second-order valence-corrected chi connectivity index (χ2v) is 15.5. The van der Waals surface area contributed by atoms with Gasteiger partial charge in [0.15, 0.2) is 5.76 Å². The minimum Gasteiger partial charge on any atom is -0.504 e. The van der Waals surface area contributed by atoms with Gasteiger partial charge in [0.2, 0.25) is 5.78 Å². The number of rotatable bonds is 22. The normalized spacial score (nSPS) is 15.8. The van der Waals surface area contributed by atoms with E-state index in [1.807, 2.05) is 0 Å². The number of allylic oxidation sites excluding steroid dienone is 1. The van der Waals surface area contributed by atoms with Gasteiger partial charge in [-0.1, -0.05) is 134 Å². The molecule has 0 aliphatic rings. The Morgan fingerprint density at radius 2 is 0.980 bits per heavy atom. The molecule has 0 saturated carbocycles. The van der Waals surface area contributed by atoms with E-state index in [4.69, 9.17) is 4.74 Å². The third-order valence-corrected chi connectivity index (χ3v) is 11.1. The van der Waals surface area contributed by atoms with E-state index in [0.29, 0.717) is 17.8 Å². The molecule has 49 heavy (non-hydrogen) atoms. The van der Waals surface area contributed by atoms with Crippen molar-refractivity contribution in [2.45, 2.75) is 196 Å². The minimum absolute atomic E-state index is 0.156. The van der Waals surface area contributed by atoms with E-state index in [-0.39, 0.29) is 29.3 Å². The van der Waals surface area contributed by atoms with Crippen molar-refractivity contribution in [1.82, 2.24) is 0 Å². The van der Waals surface area contributed by atoms with E-state index in [2.05, 4.69) is 101 Å². The lowest BCUT2D eigenvalue weighted by molar-refractivity contribution is 0.0977. The number of hydrogen-bond acceptors (Lipinski definition) is 3. The number of hydrogen-bond donors (Lipinski definition) is 1. The number of ether oxygens (including phenoxy) is 1. The van der Waals surface area contributed by atoms with Crippen molar-refractivity contribution in [2.75, 3.05) is 7.11 Å². The molecule has 2 aromatic rings. The fraction of sp³-hybridized carbons (Fsp3) is 0.674. The summed E-state index contributed by atoms with van der Waals surface area (Å²) in [6.45, 7) is 27.2. The molecule has 1 N–H and O–H groups in total. The molecule has 276 valence electrons. The summed E-state index contributed by atoms with van der Waals surface area (Å²) in [5.41, 5.74) is 8.97. The van der Waals surface area contributed by atoms with Gasteiger partial charge in [0.25, 0.3) is 0 Å². The number of ketones is 1. The Labute approximate surface area is 302 Å². The topological polar surface area (TPSA) is 46.5 Å². The van der Waals surface area contributed by atoms with Crippen LogP contribution in [0.1, 0.15) is 245 Å². The van der Waals surface area contributed by atoms with Crippen LogP contribution in [0.3, 0.4) is 0 Å². The first kappa shape index (κ1) is 42.6. The first-order chi connectivity index (χ1) is 23.4. The van der Waals surface area contributed by atoms with Crippen LogP contribution in [-0.2, 0) is 0 Å². The first-order valence-corrected chi connectivity index (χ1v) is 20.2. The fourth-order valence-electron chi connectivity index (χ4n) is 8.50. The predicted molar refractivity (Wildman–Crippen MR) is 214 cm³/mol. The van der Waals surface area contributed by atoms with Gasteiger partial charge in [0.05, 0.1) is 7.11 Å². The molecule has 2 aromatic carbocycles. The largest absolute Gasteiger partial charge is 0.504 e. The van der Waals surface area contributed by atoms with Crippen molar-refractivity contribution in [3.63, 3.8) is 0 Å². The Morgan fingerprint density at radius 1 is 0.592 bits per heavy atom. The van der Waals surface area contributed by atoms with E-state index in [9.17, 15) is 5.11 Å². The second-order valence-electron chi connectivity index (χ2n) is 15.5. The summed E-state index contributed by atoms with van der Waals surface area (Å²) < 4.78 is 6.04. The van der Waals surface area contributed by atoms with Gasteiger partial charge >= 0.3 is 0 Å². The molecule has 0 fully saturated rings. The third kappa shape index (κ3) is 10.7. The summed E-state index contributed by atoms with van der Waals surface area (Å²) in [5, 5.41) is 12.2. The molecule has 3 nitrogen and oxygen atoms in total. The predicted octanol–water partition coefficient (Wildman–Crippen LogP) is 14.9. The van der Waals surface area contributed by atoms with E-state index in [1.165, 1.54) is 27.8 Å². The lowest BCUT2D eigenvalue weighted by atomic mass is 9.72. The van der Waals surface area contributed by atoms with Crippen LogP contribution in [0.2, 0.25) is 0 Å². The zero-order valence-electron chi connectivity index (χ0n) is 34.0. The number of Topliss-reactive ketones (excluding diaryl/α,β-unsaturated/α-hetero) is 1. The molecule has 0 aliphatic carbocycles. The lowest BCUT2D eigenvalue weighted by Gasteiger charge is -2.32. The highest BCUT2D eigenvalue weighted by Gasteiger charge is 2.32. The molecular weight excluding hydrogens is 601 g/mol. The summed E-state index contributed by atoms with van der Waals surface area (Å²) in [6.07, 6.45) is 14.5. The average molecular weight is 675 g/mol. The summed E-state index contributed by atoms with van der Waals surface area (Å²) >= 11 is 0. The van der Waals surface area contributed by atoms with Crippen molar-refractivity contribution in [3.8, 4) is 5.75 Å². The third-order valence-electron chi connectivity index (χ3n) is 11.1. The van der Waals surface area contributed by atoms with E-state index >= 15 is 4.79 Å². The van der Waals surface area contributed by atoms with Gasteiger partial charge in [-0.3, -0.25) is 4.79 Å². The van der Waals surface area contributed by atoms with Crippen LogP contribution in [0.25, 0.3) is 6.08 Å². The zero-order valence-corrected chi connectivity index (χ0v) is 34.0. The van der Waals surface area contributed by atoms with Crippen molar-refractivity contribution >= 4 is 11.9 Å². The zero-order chi connectivity index (χ0) is 36.8. The first-order valence-electron chi connectivity index (χ1n) is 20.2. The quantitative estimate of drug-likeness (QED) is 0.0768. The maximum Gasteiger partial charge on any atom is 0.227 e. The Morgan fingerprint density at radius 3 is 1.39 bits per heavy atom. The van der Waals surface area contributed by atoms with E-state index < -0.39 is 0 Å². The van der Waals surface area contributed by atoms with Crippen LogP contribution in [0.5, 0.6) is 5.75 Å². The number of aliphatic hydroxyl groups is 1. The van der Waals surface area contributed by atoms with Crippen molar-refractivity contribution in [1.29, 1.82) is 0 Å². The molecule has 0 heterocycles. The SMILES string of the molecule is CCCC(C)c1cc(/C=C(\O)C(=O)c2c(C(C)CCC)c(C(C)CCC)cc(C(C)CCC)c2C(C)CCC)c(C(C)CCC)c(OC)c1. The highest BCUT2D eigenvalue weighted by atomic mass is 16.5. The molecule has 0 radical (unpaired) electrons. The number of carbonyl (C=O) groups is 1. The molecule has 0 saturated heterocycles. The fourth-order valence-corrected chi connectivity index (χ4v) is 8.50. The second kappa shape index (κ2) is 21.0. The monoisotopic (exact) mass is 675 g/mol. The van der Waals surface area contributed by atoms with Gasteiger partial charge in [-0.2, -0.15) is 0 Å². The van der Waals surface area contributed by atoms with Gasteiger partial charge in [0, 0.05) is 11.1 Å². The van der Waals surface area contributed by atoms with Gasteiger partial charge in [-0.05, 0) is 120 Å². The highest BCUT2D eigenvalue weighted by Crippen LogP contribution is 2.45. The summed E-state index contributed by atoms with van der Waals surface area (Å²) in [7, 11) is 1.75. The maximum absolute atomic E-state index is 15.2. The Kier molecular flexibility index (Phi) is 18.2. The molecule has 0 aliphatic heterocycles. The number of benzene rings is 2. The van der Waals surface area contributed by atoms with Crippen LogP contribution in [-0.4, -0.2) is 18.0 Å². The molecule has 0 spiro atoms. The molecule has 0 bridgehead atoms. The van der Waals surface area contributed by atoms with Crippen LogP contribution >= 0.6 is 0 Å². The Hall–Kier alpha value is -2.55. The number of carbonyl (C=O) groups excluding carboxylic acids is 1. The minimum atomic E-state index is -0.216. The van der Waals surface area contributed by atoms with Crippen LogP contribution in [0, 0.1) is 0 Å². The number of aliphatic hydroxyl groups excluding tert-OH is 1. The van der Waals surface area contributed by atoms with E-state index in [1.54, 1.807) is 13.2 Å². The standard InChI is InChI=1S/C46H74O3/c1-14-20-30(7)36-26-37(42(33(10)23-17-4)41(28-36)49-13)27-40(47)46(48)45-43(34(11)24-18-5)38(31(8)21-15-2)29-39(32(9)22-16-3)44(45)35(12)25-19-6/h26-35,47H,14-25H2,1-13H3/b40-27-. The van der Waals surface area contributed by atoms with Crippen LogP contribution in [0.15, 0.2) is 24.0 Å². The van der Waals surface area contributed by atoms with Crippen molar-refractivity contribution in [3.05, 3.63) is 68.5 Å². The molecule has 6 atom stereocenters. The van der Waals surface area contributed by atoms with Gasteiger partial charge in [-0.25, -0.2) is 0 Å². The summed E-state index contributed by atoms with van der Waals surface area (Å²) in [6, 6.07) is 6.89. The Balaban J connectivity index is 3.13. The van der Waals surface area contributed by atoms with Gasteiger partial charge in [0.1, 0.15) is 5.75 Å². The van der Waals surface area contributed by atoms with Crippen molar-refractivity contribution < 1.29 is 14.6 Å². The molecule has 2 rings (SSSR count). The molecule has 0 aromatic heterocycles. The maximum atomic E-state index is 15.2. The van der Waals surface area contributed by atoms with Gasteiger partial charge in [-0.15, -0.1) is 0 Å². The molecule has 3 heteroatoms. The molecular formula is C46H74O3. The average Bonchev–Trinajstić information content (AvgIpc) is 3.06. The van der Waals surface area contributed by atoms with Crippen LogP contribution < -0.4 is 4.74 Å².